The molecule has 0 saturated carbocycles. The summed E-state index contributed by atoms with van der Waals surface area (Å²) in [5.41, 5.74) is 6.41. The summed E-state index contributed by atoms with van der Waals surface area (Å²) < 4.78 is 0. The summed E-state index contributed by atoms with van der Waals surface area (Å²) in [6.07, 6.45) is 3.73. The maximum absolute atomic E-state index is 4.52. The molecule has 0 aliphatic rings. The van der Waals surface area contributed by atoms with E-state index < -0.39 is 0 Å². The van der Waals surface area contributed by atoms with Crippen LogP contribution in [0.25, 0.3) is 21.7 Å². The Morgan fingerprint density at radius 3 is 2.83 bits per heavy atom. The number of aryl methyl sites for hydroxylation is 1. The maximum Gasteiger partial charge on any atom is 0.0797 e. The van der Waals surface area contributed by atoms with Gasteiger partial charge in [-0.05, 0) is 25.1 Å². The highest BCUT2D eigenvalue weighted by atomic mass is 32.1. The molecule has 0 amide bonds. The van der Waals surface area contributed by atoms with Gasteiger partial charge in [-0.3, -0.25) is 9.97 Å². The zero-order valence-corrected chi connectivity index (χ0v) is 10.8. The highest BCUT2D eigenvalue weighted by Gasteiger charge is 2.09. The molecule has 88 valence electrons. The molecule has 2 heterocycles. The number of aromatic nitrogens is 2. The third kappa shape index (κ3) is 2.05. The molecule has 0 unspecified atom stereocenters. The third-order valence-electron chi connectivity index (χ3n) is 2.80. The van der Waals surface area contributed by atoms with Gasteiger partial charge in [-0.25, -0.2) is 0 Å². The first-order chi connectivity index (χ1) is 8.84. The molecule has 2 nitrogen and oxygen atoms in total. The Hall–Kier alpha value is -2.00. The number of pyridine rings is 1. The average molecular weight is 252 g/mol. The standard InChI is InChI=1S/C15H12N2S/c1-11-4-2-5-12(8-11)15-13(6-3-7-17-15)14-9-16-10-18-14/h2-10H,1H3. The highest BCUT2D eigenvalue weighted by Crippen LogP contribution is 2.32. The Labute approximate surface area is 110 Å². The van der Waals surface area contributed by atoms with E-state index in [9.17, 15) is 0 Å². The molecule has 1 aromatic carbocycles. The molecule has 0 bridgehead atoms. The molecule has 3 heteroatoms. The summed E-state index contributed by atoms with van der Waals surface area (Å²) in [5.74, 6) is 0. The van der Waals surface area contributed by atoms with Gasteiger partial charge in [0.15, 0.2) is 0 Å². The van der Waals surface area contributed by atoms with Crippen LogP contribution < -0.4 is 0 Å². The van der Waals surface area contributed by atoms with Crippen LogP contribution in [-0.4, -0.2) is 9.97 Å². The number of hydrogen-bond acceptors (Lipinski definition) is 3. The van der Waals surface area contributed by atoms with Crippen molar-refractivity contribution in [2.45, 2.75) is 6.92 Å². The van der Waals surface area contributed by atoms with Crippen molar-refractivity contribution in [1.29, 1.82) is 0 Å². The second-order valence-corrected chi connectivity index (χ2v) is 5.02. The van der Waals surface area contributed by atoms with Crippen LogP contribution in [0.3, 0.4) is 0 Å². The minimum Gasteiger partial charge on any atom is -0.256 e. The number of rotatable bonds is 2. The van der Waals surface area contributed by atoms with Crippen LogP contribution in [0.1, 0.15) is 5.56 Å². The molecule has 18 heavy (non-hydrogen) atoms. The van der Waals surface area contributed by atoms with Gasteiger partial charge in [0.1, 0.15) is 0 Å². The van der Waals surface area contributed by atoms with Crippen molar-refractivity contribution >= 4 is 11.3 Å². The SMILES string of the molecule is Cc1cccc(-c2ncccc2-c2cncs2)c1. The largest absolute Gasteiger partial charge is 0.256 e. The lowest BCUT2D eigenvalue weighted by atomic mass is 10.0. The van der Waals surface area contributed by atoms with Crippen LogP contribution in [0.15, 0.2) is 54.3 Å². The first kappa shape index (κ1) is 11.1. The quantitative estimate of drug-likeness (QED) is 0.683. The van der Waals surface area contributed by atoms with Gasteiger partial charge >= 0.3 is 0 Å². The Morgan fingerprint density at radius 2 is 2.06 bits per heavy atom. The van der Waals surface area contributed by atoms with Crippen LogP contribution in [0.2, 0.25) is 0 Å². The molecule has 3 rings (SSSR count). The van der Waals surface area contributed by atoms with Crippen LogP contribution in [-0.2, 0) is 0 Å². The molecule has 0 saturated heterocycles. The van der Waals surface area contributed by atoms with E-state index in [1.165, 1.54) is 5.56 Å². The molecular formula is C15H12N2S. The molecule has 0 atom stereocenters. The molecular weight excluding hydrogens is 240 g/mol. The fourth-order valence-corrected chi connectivity index (χ4v) is 2.62. The number of hydrogen-bond donors (Lipinski definition) is 0. The van der Waals surface area contributed by atoms with Crippen LogP contribution in [0.5, 0.6) is 0 Å². The lowest BCUT2D eigenvalue weighted by Gasteiger charge is -2.07. The van der Waals surface area contributed by atoms with Crippen molar-refractivity contribution in [2.75, 3.05) is 0 Å². The molecule has 3 aromatic rings. The van der Waals surface area contributed by atoms with E-state index in [4.69, 9.17) is 0 Å². The fourth-order valence-electron chi connectivity index (χ4n) is 1.98. The average Bonchev–Trinajstić information content (AvgIpc) is 2.92. The number of thiazole rings is 1. The Bertz CT molecular complexity index is 660. The van der Waals surface area contributed by atoms with Crippen LogP contribution in [0, 0.1) is 6.92 Å². The molecule has 0 fully saturated rings. The first-order valence-electron chi connectivity index (χ1n) is 5.75. The Morgan fingerprint density at radius 1 is 1.11 bits per heavy atom. The second kappa shape index (κ2) is 4.70. The van der Waals surface area contributed by atoms with E-state index in [0.717, 1.165) is 21.7 Å². The Kier molecular flexibility index (Phi) is 2.90. The van der Waals surface area contributed by atoms with E-state index in [2.05, 4.69) is 47.2 Å². The molecule has 0 aliphatic carbocycles. The van der Waals surface area contributed by atoms with Crippen molar-refractivity contribution in [3.63, 3.8) is 0 Å². The fraction of sp³-hybridized carbons (Fsp3) is 0.0667. The predicted molar refractivity (Wildman–Crippen MR) is 75.5 cm³/mol. The summed E-state index contributed by atoms with van der Waals surface area (Å²) in [5, 5.41) is 0. The van der Waals surface area contributed by atoms with Crippen LogP contribution >= 0.6 is 11.3 Å². The van der Waals surface area contributed by atoms with Crippen molar-refractivity contribution in [2.24, 2.45) is 0 Å². The normalized spacial score (nSPS) is 10.5. The minimum absolute atomic E-state index is 1.02. The zero-order valence-electron chi connectivity index (χ0n) is 10.00. The molecule has 2 aromatic heterocycles. The van der Waals surface area contributed by atoms with Crippen molar-refractivity contribution in [3.05, 3.63) is 59.9 Å². The number of benzene rings is 1. The van der Waals surface area contributed by atoms with E-state index in [1.807, 2.05) is 24.0 Å². The minimum atomic E-state index is 1.02. The summed E-state index contributed by atoms with van der Waals surface area (Å²) in [6.45, 7) is 2.10. The van der Waals surface area contributed by atoms with Gasteiger partial charge in [0, 0.05) is 23.5 Å². The summed E-state index contributed by atoms with van der Waals surface area (Å²) >= 11 is 1.64. The topological polar surface area (TPSA) is 25.8 Å². The van der Waals surface area contributed by atoms with Gasteiger partial charge < -0.3 is 0 Å². The van der Waals surface area contributed by atoms with Gasteiger partial charge in [-0.1, -0.05) is 23.8 Å². The van der Waals surface area contributed by atoms with Gasteiger partial charge in [0.2, 0.25) is 0 Å². The molecule has 0 N–H and O–H groups in total. The van der Waals surface area contributed by atoms with Crippen molar-refractivity contribution in [1.82, 2.24) is 9.97 Å². The van der Waals surface area contributed by atoms with Gasteiger partial charge in [-0.15, -0.1) is 11.3 Å². The number of nitrogens with zero attached hydrogens (tertiary/aromatic N) is 2. The van der Waals surface area contributed by atoms with Gasteiger partial charge in [0.05, 0.1) is 16.1 Å². The van der Waals surface area contributed by atoms with Crippen LogP contribution in [0.4, 0.5) is 0 Å². The second-order valence-electron chi connectivity index (χ2n) is 4.13. The van der Waals surface area contributed by atoms with E-state index in [1.54, 1.807) is 11.3 Å². The highest BCUT2D eigenvalue weighted by molar-refractivity contribution is 7.13. The lowest BCUT2D eigenvalue weighted by molar-refractivity contribution is 1.32. The van der Waals surface area contributed by atoms with Gasteiger partial charge in [0.25, 0.3) is 0 Å². The summed E-state index contributed by atoms with van der Waals surface area (Å²) in [7, 11) is 0. The Balaban J connectivity index is 2.18. The van der Waals surface area contributed by atoms with Crippen molar-refractivity contribution in [3.8, 4) is 21.7 Å². The molecule has 0 radical (unpaired) electrons. The predicted octanol–water partition coefficient (Wildman–Crippen LogP) is 4.18. The van der Waals surface area contributed by atoms with Crippen molar-refractivity contribution < 1.29 is 0 Å². The first-order valence-corrected chi connectivity index (χ1v) is 6.63. The summed E-state index contributed by atoms with van der Waals surface area (Å²) in [6, 6.07) is 12.5. The molecule has 0 aliphatic heterocycles. The van der Waals surface area contributed by atoms with E-state index in [-0.39, 0.29) is 0 Å². The summed E-state index contributed by atoms with van der Waals surface area (Å²) in [4.78, 5) is 9.82. The maximum atomic E-state index is 4.52. The lowest BCUT2D eigenvalue weighted by Crippen LogP contribution is -1.87. The monoisotopic (exact) mass is 252 g/mol. The third-order valence-corrected chi connectivity index (χ3v) is 3.60. The zero-order chi connectivity index (χ0) is 12.4. The molecule has 0 spiro atoms. The van der Waals surface area contributed by atoms with E-state index >= 15 is 0 Å². The smallest absolute Gasteiger partial charge is 0.0797 e. The van der Waals surface area contributed by atoms with E-state index in [0.29, 0.717) is 0 Å². The van der Waals surface area contributed by atoms with Gasteiger partial charge in [-0.2, -0.15) is 0 Å².